The standard InChI is InChI=1S/C14H29N3O/c1-4-16-14(18)9-13(10-15)17(3)12-7-5-6-11(2)8-12/h11-13H,4-10,15H2,1-3H3,(H,16,18). The number of nitrogens with one attached hydrogen (secondary N) is 1. The Morgan fingerprint density at radius 3 is 2.78 bits per heavy atom. The van der Waals surface area contributed by atoms with Crippen LogP contribution >= 0.6 is 0 Å². The third-order valence-corrected chi connectivity index (χ3v) is 4.13. The first-order chi connectivity index (χ1) is 8.58. The fraction of sp³-hybridized carbons (Fsp3) is 0.929. The third-order valence-electron chi connectivity index (χ3n) is 4.13. The molecule has 18 heavy (non-hydrogen) atoms. The monoisotopic (exact) mass is 255 g/mol. The zero-order valence-corrected chi connectivity index (χ0v) is 12.1. The summed E-state index contributed by atoms with van der Waals surface area (Å²) in [6, 6.07) is 0.767. The summed E-state index contributed by atoms with van der Waals surface area (Å²) in [5, 5.41) is 2.86. The van der Waals surface area contributed by atoms with E-state index >= 15 is 0 Å². The summed E-state index contributed by atoms with van der Waals surface area (Å²) in [7, 11) is 2.12. The van der Waals surface area contributed by atoms with Crippen LogP contribution in [0.15, 0.2) is 0 Å². The third kappa shape index (κ3) is 4.58. The summed E-state index contributed by atoms with van der Waals surface area (Å²) in [5.41, 5.74) is 5.84. The van der Waals surface area contributed by atoms with E-state index in [2.05, 4.69) is 24.2 Å². The molecule has 0 spiro atoms. The molecule has 1 aliphatic rings. The SMILES string of the molecule is CCNC(=O)CC(CN)N(C)C1CCCC(C)C1. The van der Waals surface area contributed by atoms with Crippen LogP contribution in [0.4, 0.5) is 0 Å². The van der Waals surface area contributed by atoms with Gasteiger partial charge in [-0.2, -0.15) is 0 Å². The second kappa shape index (κ2) is 7.74. The van der Waals surface area contributed by atoms with Crippen LogP contribution in [0.1, 0.15) is 46.0 Å². The highest BCUT2D eigenvalue weighted by Gasteiger charge is 2.27. The smallest absolute Gasteiger partial charge is 0.221 e. The molecule has 0 aliphatic heterocycles. The maximum atomic E-state index is 11.7. The van der Waals surface area contributed by atoms with Gasteiger partial charge < -0.3 is 11.1 Å². The number of carbonyl (C=O) groups excluding carboxylic acids is 1. The predicted octanol–water partition coefficient (Wildman–Crippen LogP) is 1.35. The normalized spacial score (nSPS) is 26.1. The molecule has 1 rings (SSSR count). The van der Waals surface area contributed by atoms with E-state index in [0.717, 1.165) is 5.92 Å². The van der Waals surface area contributed by atoms with Gasteiger partial charge in [-0.05, 0) is 32.7 Å². The van der Waals surface area contributed by atoms with E-state index in [1.165, 1.54) is 25.7 Å². The Hall–Kier alpha value is -0.610. The van der Waals surface area contributed by atoms with Crippen molar-refractivity contribution < 1.29 is 4.79 Å². The minimum Gasteiger partial charge on any atom is -0.356 e. The second-order valence-corrected chi connectivity index (χ2v) is 5.64. The van der Waals surface area contributed by atoms with Crippen molar-refractivity contribution in [1.82, 2.24) is 10.2 Å². The first-order valence-corrected chi connectivity index (χ1v) is 7.27. The van der Waals surface area contributed by atoms with Crippen LogP contribution in [0.2, 0.25) is 0 Å². The zero-order valence-electron chi connectivity index (χ0n) is 12.1. The van der Waals surface area contributed by atoms with Gasteiger partial charge in [0.2, 0.25) is 5.91 Å². The predicted molar refractivity (Wildman–Crippen MR) is 75.3 cm³/mol. The zero-order chi connectivity index (χ0) is 13.5. The molecule has 3 atom stereocenters. The molecule has 0 aromatic carbocycles. The lowest BCUT2D eigenvalue weighted by atomic mass is 9.85. The Kier molecular flexibility index (Phi) is 6.65. The summed E-state index contributed by atoms with van der Waals surface area (Å²) in [6.07, 6.45) is 5.64. The molecule has 106 valence electrons. The van der Waals surface area contributed by atoms with Crippen molar-refractivity contribution in [2.45, 2.75) is 58.0 Å². The molecule has 0 heterocycles. The number of rotatable bonds is 6. The number of likely N-dealkylation sites (N-methyl/N-ethyl adjacent to an activating group) is 1. The van der Waals surface area contributed by atoms with Gasteiger partial charge >= 0.3 is 0 Å². The summed E-state index contributed by atoms with van der Waals surface area (Å²) in [5.74, 6) is 0.915. The average molecular weight is 255 g/mol. The van der Waals surface area contributed by atoms with E-state index in [1.54, 1.807) is 0 Å². The second-order valence-electron chi connectivity index (χ2n) is 5.64. The Morgan fingerprint density at radius 1 is 1.50 bits per heavy atom. The first kappa shape index (κ1) is 15.4. The average Bonchev–Trinajstić information content (AvgIpc) is 2.35. The molecule has 1 saturated carbocycles. The Balaban J connectivity index is 2.49. The Morgan fingerprint density at radius 2 is 2.22 bits per heavy atom. The quantitative estimate of drug-likeness (QED) is 0.753. The number of hydrogen-bond donors (Lipinski definition) is 2. The summed E-state index contributed by atoms with van der Waals surface area (Å²) in [6.45, 7) is 5.52. The molecule has 0 radical (unpaired) electrons. The summed E-state index contributed by atoms with van der Waals surface area (Å²) >= 11 is 0. The maximum Gasteiger partial charge on any atom is 0.221 e. The molecule has 3 N–H and O–H groups in total. The van der Waals surface area contributed by atoms with Gasteiger partial charge in [0.05, 0.1) is 0 Å². The van der Waals surface area contributed by atoms with Crippen LogP contribution < -0.4 is 11.1 Å². The van der Waals surface area contributed by atoms with Crippen LogP contribution in [0.3, 0.4) is 0 Å². The van der Waals surface area contributed by atoms with Crippen molar-refractivity contribution in [3.8, 4) is 0 Å². The van der Waals surface area contributed by atoms with E-state index in [0.29, 0.717) is 25.6 Å². The number of carbonyl (C=O) groups is 1. The number of nitrogens with zero attached hydrogens (tertiary/aromatic N) is 1. The van der Waals surface area contributed by atoms with E-state index < -0.39 is 0 Å². The van der Waals surface area contributed by atoms with E-state index in [9.17, 15) is 4.79 Å². The van der Waals surface area contributed by atoms with Crippen LogP contribution in [-0.4, -0.2) is 43.0 Å². The van der Waals surface area contributed by atoms with Crippen molar-refractivity contribution in [2.24, 2.45) is 11.7 Å². The van der Waals surface area contributed by atoms with E-state index in [1.807, 2.05) is 6.92 Å². The molecule has 0 aromatic rings. The van der Waals surface area contributed by atoms with Crippen LogP contribution in [0.5, 0.6) is 0 Å². The van der Waals surface area contributed by atoms with Gasteiger partial charge in [-0.25, -0.2) is 0 Å². The van der Waals surface area contributed by atoms with Crippen LogP contribution in [0.25, 0.3) is 0 Å². The van der Waals surface area contributed by atoms with Gasteiger partial charge in [0, 0.05) is 31.6 Å². The van der Waals surface area contributed by atoms with Gasteiger partial charge in [0.1, 0.15) is 0 Å². The number of nitrogens with two attached hydrogens (primary N) is 1. The molecular formula is C14H29N3O. The molecule has 1 amide bonds. The highest BCUT2D eigenvalue weighted by atomic mass is 16.1. The molecule has 0 aromatic heterocycles. The highest BCUT2D eigenvalue weighted by Crippen LogP contribution is 2.27. The van der Waals surface area contributed by atoms with Crippen molar-refractivity contribution in [3.63, 3.8) is 0 Å². The summed E-state index contributed by atoms with van der Waals surface area (Å²) in [4.78, 5) is 14.0. The van der Waals surface area contributed by atoms with E-state index in [4.69, 9.17) is 5.73 Å². The molecule has 3 unspecified atom stereocenters. The van der Waals surface area contributed by atoms with Crippen molar-refractivity contribution in [2.75, 3.05) is 20.1 Å². The molecular weight excluding hydrogens is 226 g/mol. The molecule has 0 bridgehead atoms. The van der Waals surface area contributed by atoms with Gasteiger partial charge in [-0.3, -0.25) is 9.69 Å². The fourth-order valence-electron chi connectivity index (χ4n) is 2.95. The topological polar surface area (TPSA) is 58.4 Å². The van der Waals surface area contributed by atoms with Crippen LogP contribution in [0, 0.1) is 5.92 Å². The molecule has 4 heteroatoms. The number of hydrogen-bond acceptors (Lipinski definition) is 3. The Labute approximate surface area is 111 Å². The first-order valence-electron chi connectivity index (χ1n) is 7.27. The van der Waals surface area contributed by atoms with Crippen molar-refractivity contribution >= 4 is 5.91 Å². The molecule has 1 aliphatic carbocycles. The molecule has 4 nitrogen and oxygen atoms in total. The fourth-order valence-corrected chi connectivity index (χ4v) is 2.95. The lowest BCUT2D eigenvalue weighted by Gasteiger charge is -2.38. The van der Waals surface area contributed by atoms with Gasteiger partial charge in [-0.15, -0.1) is 0 Å². The van der Waals surface area contributed by atoms with Crippen molar-refractivity contribution in [1.29, 1.82) is 0 Å². The lowest BCUT2D eigenvalue weighted by Crippen LogP contribution is -2.48. The minimum atomic E-state index is 0.114. The lowest BCUT2D eigenvalue weighted by molar-refractivity contribution is -0.122. The van der Waals surface area contributed by atoms with Gasteiger partial charge in [0.25, 0.3) is 0 Å². The van der Waals surface area contributed by atoms with Crippen LogP contribution in [-0.2, 0) is 4.79 Å². The summed E-state index contributed by atoms with van der Waals surface area (Å²) < 4.78 is 0. The largest absolute Gasteiger partial charge is 0.356 e. The minimum absolute atomic E-state index is 0.114. The highest BCUT2D eigenvalue weighted by molar-refractivity contribution is 5.76. The number of amides is 1. The van der Waals surface area contributed by atoms with E-state index in [-0.39, 0.29) is 11.9 Å². The van der Waals surface area contributed by atoms with Gasteiger partial charge in [0.15, 0.2) is 0 Å². The van der Waals surface area contributed by atoms with Gasteiger partial charge in [-0.1, -0.05) is 19.8 Å². The molecule has 0 saturated heterocycles. The molecule has 1 fully saturated rings. The maximum absolute atomic E-state index is 11.7. The Bertz CT molecular complexity index is 257. The van der Waals surface area contributed by atoms with Crippen molar-refractivity contribution in [3.05, 3.63) is 0 Å².